The Morgan fingerprint density at radius 3 is 1.19 bits per heavy atom. The standard InChI is InChI=1S/C40H72FN3O12Si5.C18H20FN3O4.C15H38O5Si4/c1-30-25-51-39-36-33(23-35(41)37(39)43-17-15-42(2)16-18-43)38(46)34(24-44(30)36)40(47)52-27-31(45)26-48-19-13-21-60(11,53-57(3,4)5)55-59(9,10)56-61(12,54-58(6,7)8)22-14-20-49-28-32-29-50-32;1-10-9-26-17-14-11(16(23)12(18(24)25)8-22(10)14)7-13(19)15(17)21-5-3-20(2)4-6-21;1-21(2,3)18-23(7,8)20-24(9,19-22(4,5)6)12-10-11-16-13-15-14-17-15/h23-24,30-32,45H,13-22,25-29H2,1-12H3;7-8,10H,3-6,9H2,1-2H3,(H,24,25);15H,10-14H2,1-9H3. The molecule has 0 aliphatic carbocycles. The molecule has 10 rings (SSSR count). The van der Waals surface area contributed by atoms with Gasteiger partial charge in [0.05, 0.1) is 66.9 Å². The molecular weight excluding hydrogens is 1590 g/mol. The van der Waals surface area contributed by atoms with Gasteiger partial charge in [0.1, 0.15) is 60.6 Å². The molecule has 4 saturated heterocycles. The molecule has 0 bridgehead atoms. The molecule has 6 aliphatic rings. The van der Waals surface area contributed by atoms with Gasteiger partial charge in [-0.05, 0) is 202 Å². The number of nitrogens with zero attached hydrogens (tertiary/aromatic N) is 6. The fraction of sp³-hybridized carbons (Fsp3) is 0.726. The van der Waals surface area contributed by atoms with Gasteiger partial charge in [0.25, 0.3) is 0 Å². The number of aliphatic hydroxyl groups is 1. The fourth-order valence-electron chi connectivity index (χ4n) is 14.8. The summed E-state index contributed by atoms with van der Waals surface area (Å²) in [6, 6.07) is 4.37. The largest absolute Gasteiger partial charge is 0.487 e. The summed E-state index contributed by atoms with van der Waals surface area (Å²) < 4.78 is 127. The molecule has 6 aliphatic heterocycles. The average molecular weight is 1720 g/mol. The number of aromatic carboxylic acids is 1. The minimum Gasteiger partial charge on any atom is -0.487 e. The molecule has 4 aromatic rings. The summed E-state index contributed by atoms with van der Waals surface area (Å²) in [5.74, 6) is -2.71. The summed E-state index contributed by atoms with van der Waals surface area (Å²) in [5, 5.41) is 20.1. The minimum absolute atomic E-state index is 0.0434. The van der Waals surface area contributed by atoms with E-state index < -0.39 is 117 Å². The van der Waals surface area contributed by atoms with Crippen LogP contribution in [-0.2, 0) is 57.2 Å². The van der Waals surface area contributed by atoms with E-state index in [0.717, 1.165) is 77.0 Å². The summed E-state index contributed by atoms with van der Waals surface area (Å²) >= 11 is 0. The van der Waals surface area contributed by atoms with Crippen LogP contribution >= 0.6 is 0 Å². The summed E-state index contributed by atoms with van der Waals surface area (Å²) in [6.45, 7) is 55.5. The van der Waals surface area contributed by atoms with Crippen molar-refractivity contribution >= 4 is 121 Å². The van der Waals surface area contributed by atoms with E-state index in [4.69, 9.17) is 66.7 Å². The Labute approximate surface area is 665 Å². The number of carboxylic acids is 1. The number of halogens is 2. The first-order chi connectivity index (χ1) is 51.4. The number of hydrogen-bond donors (Lipinski definition) is 2. The van der Waals surface area contributed by atoms with E-state index in [1.165, 1.54) is 18.5 Å². The second-order valence-electron chi connectivity index (χ2n) is 35.7. The van der Waals surface area contributed by atoms with Crippen LogP contribution in [0.1, 0.15) is 65.9 Å². The maximum Gasteiger partial charge on any atom is 0.343 e. The number of aliphatic hydroxyl groups excluding tert-OH is 1. The number of epoxide rings is 2. The Kier molecular flexibility index (Phi) is 32.0. The van der Waals surface area contributed by atoms with E-state index >= 15 is 4.39 Å². The fourth-order valence-corrected chi connectivity index (χ4v) is 56.2. The van der Waals surface area contributed by atoms with E-state index in [-0.39, 0.29) is 66.5 Å². The van der Waals surface area contributed by atoms with Crippen LogP contribution < -0.4 is 30.1 Å². The van der Waals surface area contributed by atoms with Crippen LogP contribution in [0.25, 0.3) is 21.8 Å². The van der Waals surface area contributed by atoms with Crippen molar-refractivity contribution in [1.82, 2.24) is 18.9 Å². The van der Waals surface area contributed by atoms with Gasteiger partial charge in [0.15, 0.2) is 56.4 Å². The number of benzene rings is 2. The molecule has 2 aromatic carbocycles. The lowest BCUT2D eigenvalue weighted by Crippen LogP contribution is -2.60. The SMILES string of the molecule is CC1COc2c(N3CCN(C)CC3)c(F)cc3c(=O)c(C(=O)O)cn1c23.CC1COc2c(N3CCN(C)CC3)c(F)cc3c(=O)c(C(=O)OCC(O)COCCC[Si](C)(O[Si](C)(C)C)O[Si](C)(C)O[Si](C)(CCCOCC4CO4)O[Si](C)(C)C)cn1c23.C[Si](C)(C)O[Si](C)(C)O[Si](C)(CCCOCC1CO1)O[Si](C)(C)C. The lowest BCUT2D eigenvalue weighted by atomic mass is 10.1. The zero-order valence-corrected chi connectivity index (χ0v) is 79.5. The van der Waals surface area contributed by atoms with Crippen LogP contribution in [0.2, 0.25) is 143 Å². The van der Waals surface area contributed by atoms with Gasteiger partial charge < -0.3 is 106 Å². The highest BCUT2D eigenvalue weighted by Crippen LogP contribution is 2.44. The van der Waals surface area contributed by atoms with E-state index in [9.17, 15) is 33.8 Å². The topological polar surface area (TPSA) is 277 Å². The van der Waals surface area contributed by atoms with Crippen molar-refractivity contribution in [3.8, 4) is 11.5 Å². The third-order valence-corrected chi connectivity index (χ3v) is 50.6. The van der Waals surface area contributed by atoms with Crippen molar-refractivity contribution in [2.45, 2.75) is 206 Å². The first-order valence-corrected chi connectivity index (χ1v) is 66.2. The molecular formula is C73H130F2N6O21Si9. The summed E-state index contributed by atoms with van der Waals surface area (Å²) in [5.41, 5.74) is -0.329. The third-order valence-electron chi connectivity index (χ3n) is 18.8. The first kappa shape index (κ1) is 92.7. The van der Waals surface area contributed by atoms with Crippen LogP contribution in [0.4, 0.5) is 20.2 Å². The van der Waals surface area contributed by atoms with Crippen LogP contribution in [0.15, 0.2) is 34.1 Å². The van der Waals surface area contributed by atoms with E-state index in [1.807, 2.05) is 37.7 Å². The van der Waals surface area contributed by atoms with E-state index in [2.05, 4.69) is 134 Å². The van der Waals surface area contributed by atoms with Gasteiger partial charge in [0.2, 0.25) is 10.9 Å². The van der Waals surface area contributed by atoms with Crippen molar-refractivity contribution in [1.29, 1.82) is 0 Å². The molecule has 38 heteroatoms. The number of hydrogen-bond acceptors (Lipinski definition) is 24. The normalized spacial score (nSPS) is 21.1. The highest BCUT2D eigenvalue weighted by atomic mass is 28.5. The third kappa shape index (κ3) is 28.2. The van der Waals surface area contributed by atoms with Crippen molar-refractivity contribution < 1.29 is 95.3 Å². The monoisotopic (exact) mass is 1720 g/mol. The van der Waals surface area contributed by atoms with Crippen molar-refractivity contribution in [2.24, 2.45) is 0 Å². The number of carbonyl (C=O) groups is 2. The molecule has 8 unspecified atom stereocenters. The molecule has 0 radical (unpaired) electrons. The van der Waals surface area contributed by atoms with E-state index in [0.29, 0.717) is 105 Å². The number of carbonyl (C=O) groups excluding carboxylic acids is 1. The number of rotatable bonds is 38. The van der Waals surface area contributed by atoms with Crippen LogP contribution in [0.3, 0.4) is 0 Å². The van der Waals surface area contributed by atoms with Crippen LogP contribution in [0, 0.1) is 11.6 Å². The number of anilines is 2. The molecule has 8 atom stereocenters. The molecule has 8 heterocycles. The molecule has 2 N–H and O–H groups in total. The van der Waals surface area contributed by atoms with Crippen molar-refractivity contribution in [2.75, 3.05) is 149 Å². The zero-order valence-electron chi connectivity index (χ0n) is 70.5. The van der Waals surface area contributed by atoms with Crippen LogP contribution in [0.5, 0.6) is 11.5 Å². The zero-order chi connectivity index (χ0) is 82.2. The van der Waals surface area contributed by atoms with Gasteiger partial charge >= 0.3 is 54.7 Å². The van der Waals surface area contributed by atoms with Gasteiger partial charge in [-0.25, -0.2) is 18.4 Å². The quantitative estimate of drug-likeness (QED) is 0.0183. The van der Waals surface area contributed by atoms with E-state index in [1.54, 1.807) is 9.13 Å². The summed E-state index contributed by atoms with van der Waals surface area (Å²) in [6.07, 6.45) is 4.67. The molecule has 27 nitrogen and oxygen atoms in total. The Balaban J connectivity index is 0.000000251. The van der Waals surface area contributed by atoms with Crippen LogP contribution in [-0.4, -0.2) is 275 Å². The van der Waals surface area contributed by atoms with Gasteiger partial charge in [-0.1, -0.05) is 0 Å². The lowest BCUT2D eigenvalue weighted by Gasteiger charge is -2.43. The van der Waals surface area contributed by atoms with Gasteiger partial charge in [-0.3, -0.25) is 9.59 Å². The summed E-state index contributed by atoms with van der Waals surface area (Å²) in [4.78, 5) is 59.2. The lowest BCUT2D eigenvalue weighted by molar-refractivity contribution is -0.0110. The van der Waals surface area contributed by atoms with Crippen molar-refractivity contribution in [3.05, 3.63) is 67.7 Å². The molecule has 0 saturated carbocycles. The van der Waals surface area contributed by atoms with Gasteiger partial charge in [0, 0.05) is 84.6 Å². The molecule has 2 aromatic heterocycles. The number of pyridine rings is 2. The highest BCUT2D eigenvalue weighted by Gasteiger charge is 2.49. The second-order valence-corrected chi connectivity index (χ2v) is 72.2. The number of ether oxygens (including phenoxy) is 8. The number of aromatic nitrogens is 2. The molecule has 0 amide bonds. The smallest absolute Gasteiger partial charge is 0.343 e. The summed E-state index contributed by atoms with van der Waals surface area (Å²) in [7, 11) is -15.8. The highest BCUT2D eigenvalue weighted by molar-refractivity contribution is 6.91. The number of piperazine rings is 2. The van der Waals surface area contributed by atoms with Crippen molar-refractivity contribution in [3.63, 3.8) is 0 Å². The Morgan fingerprint density at radius 2 is 0.838 bits per heavy atom. The Morgan fingerprint density at radius 1 is 0.495 bits per heavy atom. The second kappa shape index (κ2) is 38.3. The average Bonchev–Trinajstić information content (AvgIpc) is 1.28. The molecule has 4 fully saturated rings. The predicted molar refractivity (Wildman–Crippen MR) is 450 cm³/mol. The maximum atomic E-state index is 15.8. The van der Waals surface area contributed by atoms with Gasteiger partial charge in [-0.15, -0.1) is 0 Å². The van der Waals surface area contributed by atoms with Gasteiger partial charge in [-0.2, -0.15) is 0 Å². The Bertz CT molecular complexity index is 3940. The predicted octanol–water partition coefficient (Wildman–Crippen LogP) is 12.0. The first-order valence-electron chi connectivity index (χ1n) is 39.4. The minimum atomic E-state index is -2.77. The molecule has 111 heavy (non-hydrogen) atoms. The number of esters is 1. The molecule has 628 valence electrons. The molecule has 0 spiro atoms. The number of likely N-dealkylation sites (N-methyl/N-ethyl adjacent to an activating group) is 2. The maximum absolute atomic E-state index is 15.8. The number of carboxylic acid groups (broad SMARTS) is 1. The Hall–Kier alpha value is -3.79.